The van der Waals surface area contributed by atoms with Crippen molar-refractivity contribution >= 4 is 5.97 Å². The van der Waals surface area contributed by atoms with Crippen molar-refractivity contribution in [1.29, 1.82) is 0 Å². The summed E-state index contributed by atoms with van der Waals surface area (Å²) in [7, 11) is 0. The van der Waals surface area contributed by atoms with E-state index < -0.39 is 5.60 Å². The van der Waals surface area contributed by atoms with E-state index in [0.29, 0.717) is 18.1 Å². The first-order chi connectivity index (χ1) is 9.11. The standard InChI is InChI=1S/C16H32N2O2/c1-11(2)18(12(3)4)14-8-13(9-17-10-14)15(19)20-16(5,6)7/h11-14,17H,8-10H2,1-7H3/t13-,14+/m0/s1. The number of piperidine rings is 1. The molecule has 0 aliphatic carbocycles. The topological polar surface area (TPSA) is 41.6 Å². The number of hydrogen-bond acceptors (Lipinski definition) is 4. The summed E-state index contributed by atoms with van der Waals surface area (Å²) in [4.78, 5) is 14.7. The van der Waals surface area contributed by atoms with Gasteiger partial charge in [-0.05, 0) is 54.9 Å². The normalized spacial score (nSPS) is 24.5. The van der Waals surface area contributed by atoms with Gasteiger partial charge in [-0.25, -0.2) is 0 Å². The summed E-state index contributed by atoms with van der Waals surface area (Å²) in [6, 6.07) is 1.37. The second-order valence-corrected chi connectivity index (χ2v) is 7.41. The summed E-state index contributed by atoms with van der Waals surface area (Å²) < 4.78 is 5.53. The third-order valence-corrected chi connectivity index (χ3v) is 3.68. The molecule has 1 rings (SSSR count). The van der Waals surface area contributed by atoms with Gasteiger partial charge >= 0.3 is 5.97 Å². The summed E-state index contributed by atoms with van der Waals surface area (Å²) in [5, 5.41) is 3.40. The van der Waals surface area contributed by atoms with Gasteiger partial charge in [-0.3, -0.25) is 9.69 Å². The van der Waals surface area contributed by atoms with Gasteiger partial charge in [0.1, 0.15) is 5.60 Å². The Balaban J connectivity index is 2.68. The summed E-state index contributed by atoms with van der Waals surface area (Å²) in [5.41, 5.74) is -0.403. The molecule has 4 nitrogen and oxygen atoms in total. The zero-order valence-electron chi connectivity index (χ0n) is 14.2. The molecule has 0 aromatic rings. The van der Waals surface area contributed by atoms with E-state index in [0.717, 1.165) is 19.5 Å². The highest BCUT2D eigenvalue weighted by Crippen LogP contribution is 2.23. The molecule has 1 saturated heterocycles. The van der Waals surface area contributed by atoms with E-state index in [1.165, 1.54) is 0 Å². The average molecular weight is 284 g/mol. The fraction of sp³-hybridized carbons (Fsp3) is 0.938. The summed E-state index contributed by atoms with van der Waals surface area (Å²) in [6.45, 7) is 16.3. The third-order valence-electron chi connectivity index (χ3n) is 3.68. The number of carbonyl (C=O) groups is 1. The van der Waals surface area contributed by atoms with Crippen LogP contribution in [0.5, 0.6) is 0 Å². The molecule has 0 bridgehead atoms. The van der Waals surface area contributed by atoms with Crippen LogP contribution in [-0.2, 0) is 9.53 Å². The van der Waals surface area contributed by atoms with Gasteiger partial charge < -0.3 is 10.1 Å². The predicted molar refractivity (Wildman–Crippen MR) is 82.7 cm³/mol. The fourth-order valence-corrected chi connectivity index (χ4v) is 3.15. The number of carbonyl (C=O) groups excluding carboxylic acids is 1. The van der Waals surface area contributed by atoms with Crippen molar-refractivity contribution in [2.24, 2.45) is 5.92 Å². The largest absolute Gasteiger partial charge is 0.460 e. The van der Waals surface area contributed by atoms with Crippen LogP contribution in [0.4, 0.5) is 0 Å². The lowest BCUT2D eigenvalue weighted by Gasteiger charge is -2.42. The van der Waals surface area contributed by atoms with Crippen molar-refractivity contribution in [3.8, 4) is 0 Å². The van der Waals surface area contributed by atoms with Gasteiger partial charge in [0.15, 0.2) is 0 Å². The molecular formula is C16H32N2O2. The minimum Gasteiger partial charge on any atom is -0.460 e. The number of ether oxygens (including phenoxy) is 1. The van der Waals surface area contributed by atoms with Crippen molar-refractivity contribution in [2.45, 2.75) is 78.6 Å². The summed E-state index contributed by atoms with van der Waals surface area (Å²) >= 11 is 0. The number of nitrogens with one attached hydrogen (secondary N) is 1. The van der Waals surface area contributed by atoms with Gasteiger partial charge in [0.05, 0.1) is 5.92 Å². The minimum atomic E-state index is -0.403. The molecule has 1 fully saturated rings. The Bertz CT molecular complexity index is 313. The second-order valence-electron chi connectivity index (χ2n) is 7.41. The van der Waals surface area contributed by atoms with Crippen LogP contribution in [0.1, 0.15) is 54.9 Å². The molecule has 1 heterocycles. The highest BCUT2D eigenvalue weighted by Gasteiger charge is 2.34. The molecule has 0 aromatic carbocycles. The van der Waals surface area contributed by atoms with Gasteiger partial charge in [0.25, 0.3) is 0 Å². The maximum Gasteiger partial charge on any atom is 0.310 e. The van der Waals surface area contributed by atoms with Crippen LogP contribution in [-0.4, -0.2) is 47.7 Å². The van der Waals surface area contributed by atoms with E-state index in [1.54, 1.807) is 0 Å². The molecule has 4 heteroatoms. The van der Waals surface area contributed by atoms with Crippen molar-refractivity contribution in [2.75, 3.05) is 13.1 Å². The molecule has 0 unspecified atom stereocenters. The summed E-state index contributed by atoms with van der Waals surface area (Å²) in [5.74, 6) is -0.102. The molecule has 1 N–H and O–H groups in total. The van der Waals surface area contributed by atoms with E-state index in [1.807, 2.05) is 20.8 Å². The Kier molecular flexibility index (Phi) is 6.02. The third kappa shape index (κ3) is 5.06. The van der Waals surface area contributed by atoms with Crippen LogP contribution < -0.4 is 5.32 Å². The smallest absolute Gasteiger partial charge is 0.310 e. The van der Waals surface area contributed by atoms with E-state index in [9.17, 15) is 4.79 Å². The minimum absolute atomic E-state index is 0.0343. The lowest BCUT2D eigenvalue weighted by molar-refractivity contribution is -0.161. The molecule has 20 heavy (non-hydrogen) atoms. The van der Waals surface area contributed by atoms with Crippen molar-refractivity contribution in [3.05, 3.63) is 0 Å². The summed E-state index contributed by atoms with van der Waals surface area (Å²) in [6.07, 6.45) is 0.887. The Morgan fingerprint density at radius 3 is 2.15 bits per heavy atom. The highest BCUT2D eigenvalue weighted by atomic mass is 16.6. The molecule has 0 spiro atoms. The van der Waals surface area contributed by atoms with Crippen LogP contribution in [0.25, 0.3) is 0 Å². The van der Waals surface area contributed by atoms with E-state index in [-0.39, 0.29) is 11.9 Å². The number of nitrogens with zero attached hydrogens (tertiary/aromatic N) is 1. The average Bonchev–Trinajstić information content (AvgIpc) is 2.26. The van der Waals surface area contributed by atoms with Gasteiger partial charge in [-0.2, -0.15) is 0 Å². The van der Waals surface area contributed by atoms with Gasteiger partial charge in [0, 0.05) is 31.2 Å². The Morgan fingerprint density at radius 2 is 1.70 bits per heavy atom. The first kappa shape index (κ1) is 17.4. The van der Waals surface area contributed by atoms with Gasteiger partial charge in [-0.1, -0.05) is 0 Å². The number of esters is 1. The SMILES string of the molecule is CC(C)N(C(C)C)[C@H]1CNC[C@@H](C(=O)OC(C)(C)C)C1. The van der Waals surface area contributed by atoms with Crippen LogP contribution in [0.15, 0.2) is 0 Å². The number of hydrogen-bond donors (Lipinski definition) is 1. The fourth-order valence-electron chi connectivity index (χ4n) is 3.15. The predicted octanol–water partition coefficient (Wildman–Crippen LogP) is 2.42. The Labute approximate surface area is 124 Å². The molecular weight excluding hydrogens is 252 g/mol. The molecule has 0 saturated carbocycles. The van der Waals surface area contributed by atoms with Crippen LogP contribution >= 0.6 is 0 Å². The molecule has 0 radical (unpaired) electrons. The number of rotatable bonds is 4. The van der Waals surface area contributed by atoms with Crippen molar-refractivity contribution in [3.63, 3.8) is 0 Å². The zero-order chi connectivity index (χ0) is 15.5. The quantitative estimate of drug-likeness (QED) is 0.805. The Hall–Kier alpha value is -0.610. The van der Waals surface area contributed by atoms with E-state index >= 15 is 0 Å². The molecule has 1 aliphatic heterocycles. The zero-order valence-corrected chi connectivity index (χ0v) is 14.2. The first-order valence-corrected chi connectivity index (χ1v) is 7.83. The van der Waals surface area contributed by atoms with Crippen LogP contribution in [0.3, 0.4) is 0 Å². The van der Waals surface area contributed by atoms with E-state index in [2.05, 4.69) is 37.9 Å². The molecule has 2 atom stereocenters. The molecule has 0 aromatic heterocycles. The Morgan fingerprint density at radius 1 is 1.15 bits per heavy atom. The molecule has 1 aliphatic rings. The van der Waals surface area contributed by atoms with Crippen LogP contribution in [0.2, 0.25) is 0 Å². The lowest BCUT2D eigenvalue weighted by Crippen LogP contribution is -2.55. The highest BCUT2D eigenvalue weighted by molar-refractivity contribution is 5.73. The maximum atomic E-state index is 12.2. The van der Waals surface area contributed by atoms with E-state index in [4.69, 9.17) is 4.74 Å². The molecule has 118 valence electrons. The monoisotopic (exact) mass is 284 g/mol. The maximum absolute atomic E-state index is 12.2. The van der Waals surface area contributed by atoms with Gasteiger partial charge in [-0.15, -0.1) is 0 Å². The van der Waals surface area contributed by atoms with Crippen LogP contribution in [0, 0.1) is 5.92 Å². The lowest BCUT2D eigenvalue weighted by atomic mass is 9.93. The van der Waals surface area contributed by atoms with Crippen molar-refractivity contribution in [1.82, 2.24) is 10.2 Å². The first-order valence-electron chi connectivity index (χ1n) is 7.83. The second kappa shape index (κ2) is 6.90. The van der Waals surface area contributed by atoms with Crippen molar-refractivity contribution < 1.29 is 9.53 Å². The molecule has 0 amide bonds. The van der Waals surface area contributed by atoms with Gasteiger partial charge in [0.2, 0.25) is 0 Å².